The number of likely N-dealkylation sites (tertiary alicyclic amines) is 1. The summed E-state index contributed by atoms with van der Waals surface area (Å²) in [5.41, 5.74) is 5.59. The molecule has 0 aromatic heterocycles. The van der Waals surface area contributed by atoms with Gasteiger partial charge in [0.25, 0.3) is 0 Å². The van der Waals surface area contributed by atoms with Gasteiger partial charge < -0.3 is 10.6 Å². The summed E-state index contributed by atoms with van der Waals surface area (Å²) in [6, 6.07) is 0.920. The van der Waals surface area contributed by atoms with Crippen molar-refractivity contribution in [3.05, 3.63) is 0 Å². The van der Waals surface area contributed by atoms with Gasteiger partial charge in [0, 0.05) is 6.04 Å². The zero-order valence-corrected chi connectivity index (χ0v) is 9.25. The van der Waals surface area contributed by atoms with E-state index in [1.807, 2.05) is 0 Å². The van der Waals surface area contributed by atoms with Crippen LogP contribution in [-0.4, -0.2) is 30.6 Å². The van der Waals surface area contributed by atoms with Crippen molar-refractivity contribution >= 4 is 0 Å². The summed E-state index contributed by atoms with van der Waals surface area (Å²) in [7, 11) is 0. The molecule has 2 N–H and O–H groups in total. The zero-order chi connectivity index (χ0) is 9.80. The van der Waals surface area contributed by atoms with Crippen LogP contribution >= 0.6 is 0 Å². The van der Waals surface area contributed by atoms with E-state index >= 15 is 0 Å². The molecule has 0 unspecified atom stereocenters. The first-order valence-corrected chi connectivity index (χ1v) is 6.36. The van der Waals surface area contributed by atoms with E-state index in [0.717, 1.165) is 18.5 Å². The van der Waals surface area contributed by atoms with Crippen molar-refractivity contribution in [3.8, 4) is 0 Å². The van der Waals surface area contributed by atoms with Gasteiger partial charge in [-0.15, -0.1) is 0 Å². The molecule has 2 heteroatoms. The van der Waals surface area contributed by atoms with Gasteiger partial charge >= 0.3 is 0 Å². The van der Waals surface area contributed by atoms with Gasteiger partial charge in [0.15, 0.2) is 0 Å². The topological polar surface area (TPSA) is 29.3 Å². The van der Waals surface area contributed by atoms with Crippen molar-refractivity contribution in [1.82, 2.24) is 4.90 Å². The first kappa shape index (κ1) is 10.4. The maximum Gasteiger partial charge on any atom is 0.0123 e. The number of hydrogen-bond donors (Lipinski definition) is 1. The van der Waals surface area contributed by atoms with Crippen LogP contribution in [0.4, 0.5) is 0 Å². The second-order valence-corrected chi connectivity index (χ2v) is 4.93. The number of fused-ring (bicyclic) bond motifs is 1. The second kappa shape index (κ2) is 5.13. The molecule has 2 atom stereocenters. The highest BCUT2D eigenvalue weighted by molar-refractivity contribution is 4.87. The highest BCUT2D eigenvalue weighted by Gasteiger charge is 2.32. The van der Waals surface area contributed by atoms with Crippen LogP contribution in [0.25, 0.3) is 0 Å². The molecule has 0 spiro atoms. The van der Waals surface area contributed by atoms with Crippen LogP contribution in [-0.2, 0) is 0 Å². The standard InChI is InChI=1S/C12H24N2/c13-8-4-10-14-9-3-6-11-5-1-2-7-12(11)14/h11-12H,1-10,13H2/t11-,12-/m1/s1. The lowest BCUT2D eigenvalue weighted by Crippen LogP contribution is -2.47. The third kappa shape index (κ3) is 2.29. The SMILES string of the molecule is NCCCN1CCC[C@H]2CCCC[C@H]21. The van der Waals surface area contributed by atoms with Crippen LogP contribution in [0.15, 0.2) is 0 Å². The van der Waals surface area contributed by atoms with E-state index in [1.165, 1.54) is 58.0 Å². The minimum absolute atomic E-state index is 0.855. The Balaban J connectivity index is 1.88. The molecule has 0 amide bonds. The predicted octanol–water partition coefficient (Wildman–Crippen LogP) is 1.99. The molecule has 2 rings (SSSR count). The van der Waals surface area contributed by atoms with Crippen molar-refractivity contribution < 1.29 is 0 Å². The molecule has 2 fully saturated rings. The summed E-state index contributed by atoms with van der Waals surface area (Å²) >= 11 is 0. The Labute approximate surface area is 87.8 Å². The number of hydrogen-bond acceptors (Lipinski definition) is 2. The molecule has 0 aromatic carbocycles. The molecule has 82 valence electrons. The van der Waals surface area contributed by atoms with Gasteiger partial charge in [0.05, 0.1) is 0 Å². The van der Waals surface area contributed by atoms with E-state index in [2.05, 4.69) is 4.90 Å². The van der Waals surface area contributed by atoms with Gasteiger partial charge in [0.2, 0.25) is 0 Å². The van der Waals surface area contributed by atoms with Crippen LogP contribution in [0.1, 0.15) is 44.9 Å². The lowest BCUT2D eigenvalue weighted by Gasteiger charge is -2.44. The summed E-state index contributed by atoms with van der Waals surface area (Å²) in [5.74, 6) is 1.02. The molecular formula is C12H24N2. The normalized spacial score (nSPS) is 34.1. The minimum atomic E-state index is 0.855. The van der Waals surface area contributed by atoms with Crippen LogP contribution in [0, 0.1) is 5.92 Å². The molecule has 0 radical (unpaired) electrons. The molecule has 1 saturated carbocycles. The highest BCUT2D eigenvalue weighted by Crippen LogP contribution is 2.35. The summed E-state index contributed by atoms with van der Waals surface area (Å²) in [6.45, 7) is 3.44. The molecule has 1 aliphatic heterocycles. The third-order valence-corrected chi connectivity index (χ3v) is 4.01. The molecular weight excluding hydrogens is 172 g/mol. The van der Waals surface area contributed by atoms with Gasteiger partial charge in [0.1, 0.15) is 0 Å². The fourth-order valence-corrected chi connectivity index (χ4v) is 3.30. The summed E-state index contributed by atoms with van der Waals surface area (Å²) in [6.07, 6.45) is 9.98. The summed E-state index contributed by atoms with van der Waals surface area (Å²) < 4.78 is 0. The average molecular weight is 196 g/mol. The largest absolute Gasteiger partial charge is 0.330 e. The first-order valence-electron chi connectivity index (χ1n) is 6.36. The van der Waals surface area contributed by atoms with Crippen LogP contribution in [0.5, 0.6) is 0 Å². The molecule has 1 aliphatic carbocycles. The van der Waals surface area contributed by atoms with Gasteiger partial charge in [-0.25, -0.2) is 0 Å². The number of nitrogens with two attached hydrogens (primary N) is 1. The van der Waals surface area contributed by atoms with Crippen molar-refractivity contribution in [2.45, 2.75) is 51.0 Å². The van der Waals surface area contributed by atoms with E-state index in [4.69, 9.17) is 5.73 Å². The Kier molecular flexibility index (Phi) is 3.82. The van der Waals surface area contributed by atoms with Gasteiger partial charge in [-0.2, -0.15) is 0 Å². The first-order chi connectivity index (χ1) is 6.92. The Bertz CT molecular complexity index is 168. The molecule has 1 saturated heterocycles. The monoisotopic (exact) mass is 196 g/mol. The summed E-state index contributed by atoms with van der Waals surface area (Å²) in [4.78, 5) is 2.72. The second-order valence-electron chi connectivity index (χ2n) is 4.93. The lowest BCUT2D eigenvalue weighted by molar-refractivity contribution is 0.0606. The quantitative estimate of drug-likeness (QED) is 0.748. The molecule has 2 nitrogen and oxygen atoms in total. The third-order valence-electron chi connectivity index (χ3n) is 4.01. The van der Waals surface area contributed by atoms with Crippen LogP contribution < -0.4 is 5.73 Å². The molecule has 0 bridgehead atoms. The van der Waals surface area contributed by atoms with Crippen molar-refractivity contribution in [1.29, 1.82) is 0 Å². The van der Waals surface area contributed by atoms with Crippen LogP contribution in [0.2, 0.25) is 0 Å². The number of rotatable bonds is 3. The van der Waals surface area contributed by atoms with Gasteiger partial charge in [-0.3, -0.25) is 0 Å². The van der Waals surface area contributed by atoms with E-state index < -0.39 is 0 Å². The Morgan fingerprint density at radius 2 is 1.86 bits per heavy atom. The van der Waals surface area contributed by atoms with E-state index in [-0.39, 0.29) is 0 Å². The summed E-state index contributed by atoms with van der Waals surface area (Å²) in [5, 5.41) is 0. The van der Waals surface area contributed by atoms with Crippen LogP contribution in [0.3, 0.4) is 0 Å². The fourth-order valence-electron chi connectivity index (χ4n) is 3.30. The fraction of sp³-hybridized carbons (Fsp3) is 1.00. The van der Waals surface area contributed by atoms with Crippen molar-refractivity contribution in [2.24, 2.45) is 11.7 Å². The van der Waals surface area contributed by atoms with Gasteiger partial charge in [-0.1, -0.05) is 12.8 Å². The lowest BCUT2D eigenvalue weighted by atomic mass is 9.78. The van der Waals surface area contributed by atoms with E-state index in [1.54, 1.807) is 0 Å². The van der Waals surface area contributed by atoms with E-state index in [9.17, 15) is 0 Å². The minimum Gasteiger partial charge on any atom is -0.330 e. The highest BCUT2D eigenvalue weighted by atomic mass is 15.2. The molecule has 1 heterocycles. The molecule has 0 aromatic rings. The van der Waals surface area contributed by atoms with Gasteiger partial charge in [-0.05, 0) is 57.7 Å². The Morgan fingerprint density at radius 1 is 1.07 bits per heavy atom. The van der Waals surface area contributed by atoms with Crippen molar-refractivity contribution in [3.63, 3.8) is 0 Å². The maximum atomic E-state index is 5.59. The Hall–Kier alpha value is -0.0800. The number of nitrogens with zero attached hydrogens (tertiary/aromatic N) is 1. The zero-order valence-electron chi connectivity index (χ0n) is 9.25. The maximum absolute atomic E-state index is 5.59. The Morgan fingerprint density at radius 3 is 2.71 bits per heavy atom. The van der Waals surface area contributed by atoms with Crippen molar-refractivity contribution in [2.75, 3.05) is 19.6 Å². The average Bonchev–Trinajstić information content (AvgIpc) is 2.26. The predicted molar refractivity (Wildman–Crippen MR) is 60.2 cm³/mol. The molecule has 14 heavy (non-hydrogen) atoms. The smallest absolute Gasteiger partial charge is 0.0123 e. The van der Waals surface area contributed by atoms with E-state index in [0.29, 0.717) is 0 Å². The number of piperidine rings is 1. The molecule has 2 aliphatic rings.